The van der Waals surface area contributed by atoms with Crippen molar-refractivity contribution in [2.75, 3.05) is 19.7 Å². The molecule has 1 amide bonds. The summed E-state index contributed by atoms with van der Waals surface area (Å²) in [5, 5.41) is 0. The van der Waals surface area contributed by atoms with Gasteiger partial charge < -0.3 is 9.64 Å². The van der Waals surface area contributed by atoms with Crippen LogP contribution in [0.4, 0.5) is 0 Å². The van der Waals surface area contributed by atoms with Crippen LogP contribution in [-0.2, 0) is 4.74 Å². The maximum absolute atomic E-state index is 12.1. The van der Waals surface area contributed by atoms with Gasteiger partial charge in [0.1, 0.15) is 0 Å². The van der Waals surface area contributed by atoms with E-state index in [4.69, 9.17) is 4.74 Å². The molecule has 0 saturated carbocycles. The molecule has 1 aromatic rings. The van der Waals surface area contributed by atoms with Gasteiger partial charge in [-0.05, 0) is 26.0 Å². The number of epoxide rings is 1. The number of nitrogens with zero attached hydrogens (tertiary/aromatic N) is 1. The number of carbonyl (C=O) groups is 1. The Labute approximate surface area is 96.0 Å². The van der Waals surface area contributed by atoms with Crippen molar-refractivity contribution in [3.05, 3.63) is 35.4 Å². The van der Waals surface area contributed by atoms with Gasteiger partial charge in [-0.1, -0.05) is 17.7 Å². The second-order valence-corrected chi connectivity index (χ2v) is 4.17. The fraction of sp³-hybridized carbons (Fsp3) is 0.462. The number of likely N-dealkylation sites (N-methyl/N-ethyl adjacent to an activating group) is 1. The van der Waals surface area contributed by atoms with Crippen LogP contribution in [0.1, 0.15) is 22.8 Å². The van der Waals surface area contributed by atoms with Gasteiger partial charge in [-0.3, -0.25) is 4.79 Å². The average molecular weight is 219 g/mol. The number of benzene rings is 1. The van der Waals surface area contributed by atoms with Gasteiger partial charge in [0.2, 0.25) is 0 Å². The summed E-state index contributed by atoms with van der Waals surface area (Å²) in [6.45, 7) is 6.24. The van der Waals surface area contributed by atoms with Crippen LogP contribution in [0.15, 0.2) is 24.3 Å². The van der Waals surface area contributed by atoms with Crippen molar-refractivity contribution < 1.29 is 9.53 Å². The topological polar surface area (TPSA) is 32.8 Å². The molecule has 1 unspecified atom stereocenters. The zero-order chi connectivity index (χ0) is 11.5. The minimum atomic E-state index is 0.0954. The Hall–Kier alpha value is -1.35. The lowest BCUT2D eigenvalue weighted by Crippen LogP contribution is -2.34. The fourth-order valence-corrected chi connectivity index (χ4v) is 1.65. The smallest absolute Gasteiger partial charge is 0.253 e. The highest BCUT2D eigenvalue weighted by Gasteiger charge is 2.27. The zero-order valence-electron chi connectivity index (χ0n) is 9.77. The van der Waals surface area contributed by atoms with Crippen LogP contribution < -0.4 is 0 Å². The molecule has 1 fully saturated rings. The van der Waals surface area contributed by atoms with Gasteiger partial charge in [-0.2, -0.15) is 0 Å². The molecular formula is C13H17NO2. The normalized spacial score (nSPS) is 18.2. The molecule has 16 heavy (non-hydrogen) atoms. The molecule has 1 saturated heterocycles. The first-order valence-electron chi connectivity index (χ1n) is 5.68. The Balaban J connectivity index is 2.06. The van der Waals surface area contributed by atoms with E-state index < -0.39 is 0 Å². The van der Waals surface area contributed by atoms with E-state index in [1.165, 1.54) is 5.56 Å². The molecule has 0 aromatic heterocycles. The minimum Gasteiger partial charge on any atom is -0.371 e. The molecule has 0 radical (unpaired) electrons. The average Bonchev–Trinajstić information content (AvgIpc) is 3.10. The molecule has 0 spiro atoms. The van der Waals surface area contributed by atoms with Crippen molar-refractivity contribution in [3.8, 4) is 0 Å². The summed E-state index contributed by atoms with van der Waals surface area (Å²) in [7, 11) is 0. The number of hydrogen-bond acceptors (Lipinski definition) is 2. The third-order valence-corrected chi connectivity index (χ3v) is 2.79. The van der Waals surface area contributed by atoms with Gasteiger partial charge >= 0.3 is 0 Å². The predicted octanol–water partition coefficient (Wildman–Crippen LogP) is 1.86. The Bertz CT molecular complexity index is 368. The highest BCUT2D eigenvalue weighted by molar-refractivity contribution is 5.94. The van der Waals surface area contributed by atoms with Crippen molar-refractivity contribution >= 4 is 5.91 Å². The number of ether oxygens (including phenoxy) is 1. The molecule has 3 heteroatoms. The van der Waals surface area contributed by atoms with E-state index in [1.54, 1.807) is 0 Å². The first-order valence-corrected chi connectivity index (χ1v) is 5.68. The van der Waals surface area contributed by atoms with E-state index in [9.17, 15) is 4.79 Å². The van der Waals surface area contributed by atoms with Crippen LogP contribution in [0.3, 0.4) is 0 Å². The van der Waals surface area contributed by atoms with Crippen LogP contribution >= 0.6 is 0 Å². The lowest BCUT2D eigenvalue weighted by molar-refractivity contribution is 0.0752. The van der Waals surface area contributed by atoms with E-state index >= 15 is 0 Å². The third kappa shape index (κ3) is 2.61. The number of carbonyl (C=O) groups excluding carboxylic acids is 1. The Morgan fingerprint density at radius 1 is 1.44 bits per heavy atom. The van der Waals surface area contributed by atoms with Crippen molar-refractivity contribution in [1.29, 1.82) is 0 Å². The largest absolute Gasteiger partial charge is 0.371 e. The summed E-state index contributed by atoms with van der Waals surface area (Å²) in [6, 6.07) is 7.70. The molecule has 3 nitrogen and oxygen atoms in total. The second kappa shape index (κ2) is 4.66. The standard InChI is InChI=1S/C13H17NO2/c1-3-14(8-12-9-16-12)13(15)11-6-4-10(2)5-7-11/h4-7,12H,3,8-9H2,1-2H3. The maximum Gasteiger partial charge on any atom is 0.253 e. The van der Waals surface area contributed by atoms with E-state index in [1.807, 2.05) is 43.0 Å². The second-order valence-electron chi connectivity index (χ2n) is 4.17. The highest BCUT2D eigenvalue weighted by atomic mass is 16.6. The van der Waals surface area contributed by atoms with Gasteiger partial charge in [-0.15, -0.1) is 0 Å². The monoisotopic (exact) mass is 219 g/mol. The van der Waals surface area contributed by atoms with Gasteiger partial charge in [0, 0.05) is 18.7 Å². The molecular weight excluding hydrogens is 202 g/mol. The van der Waals surface area contributed by atoms with Gasteiger partial charge in [0.25, 0.3) is 5.91 Å². The first-order chi connectivity index (χ1) is 7.70. The molecule has 0 aliphatic carbocycles. The number of rotatable bonds is 4. The Kier molecular flexibility index (Phi) is 3.25. The molecule has 2 rings (SSSR count). The van der Waals surface area contributed by atoms with E-state index in [-0.39, 0.29) is 12.0 Å². The van der Waals surface area contributed by atoms with Crippen LogP contribution in [0.2, 0.25) is 0 Å². The molecule has 0 bridgehead atoms. The van der Waals surface area contributed by atoms with Gasteiger partial charge in [0.15, 0.2) is 0 Å². The zero-order valence-corrected chi connectivity index (χ0v) is 9.77. The minimum absolute atomic E-state index is 0.0954. The quantitative estimate of drug-likeness (QED) is 0.724. The molecule has 1 aromatic carbocycles. The van der Waals surface area contributed by atoms with Crippen LogP contribution in [0.25, 0.3) is 0 Å². The van der Waals surface area contributed by atoms with Crippen molar-refractivity contribution in [3.63, 3.8) is 0 Å². The molecule has 0 N–H and O–H groups in total. The summed E-state index contributed by atoms with van der Waals surface area (Å²) < 4.78 is 5.15. The van der Waals surface area contributed by atoms with Crippen LogP contribution in [0.5, 0.6) is 0 Å². The summed E-state index contributed by atoms with van der Waals surface area (Å²) in [4.78, 5) is 14.0. The van der Waals surface area contributed by atoms with Gasteiger partial charge in [-0.25, -0.2) is 0 Å². The number of amides is 1. The Morgan fingerprint density at radius 2 is 2.06 bits per heavy atom. The SMILES string of the molecule is CCN(CC1CO1)C(=O)c1ccc(C)cc1. The molecule has 1 aliphatic heterocycles. The predicted molar refractivity (Wildman–Crippen MR) is 62.5 cm³/mol. The van der Waals surface area contributed by atoms with E-state index in [2.05, 4.69) is 0 Å². The van der Waals surface area contributed by atoms with Crippen LogP contribution in [-0.4, -0.2) is 36.6 Å². The van der Waals surface area contributed by atoms with Crippen LogP contribution in [0, 0.1) is 6.92 Å². The maximum atomic E-state index is 12.1. The molecule has 1 atom stereocenters. The fourth-order valence-electron chi connectivity index (χ4n) is 1.65. The van der Waals surface area contributed by atoms with Crippen molar-refractivity contribution in [2.24, 2.45) is 0 Å². The summed E-state index contributed by atoms with van der Waals surface area (Å²) >= 11 is 0. The van der Waals surface area contributed by atoms with Crippen molar-refractivity contribution in [2.45, 2.75) is 20.0 Å². The van der Waals surface area contributed by atoms with Crippen molar-refractivity contribution in [1.82, 2.24) is 4.90 Å². The summed E-state index contributed by atoms with van der Waals surface area (Å²) in [6.07, 6.45) is 0.259. The number of hydrogen-bond donors (Lipinski definition) is 0. The summed E-state index contributed by atoms with van der Waals surface area (Å²) in [5.74, 6) is 0.0954. The Morgan fingerprint density at radius 3 is 2.56 bits per heavy atom. The van der Waals surface area contributed by atoms with Gasteiger partial charge in [0.05, 0.1) is 12.7 Å². The lowest BCUT2D eigenvalue weighted by Gasteiger charge is -2.19. The highest BCUT2D eigenvalue weighted by Crippen LogP contribution is 2.13. The molecule has 1 heterocycles. The molecule has 1 aliphatic rings. The first kappa shape index (κ1) is 11.1. The third-order valence-electron chi connectivity index (χ3n) is 2.79. The van der Waals surface area contributed by atoms with E-state index in [0.717, 1.165) is 18.7 Å². The molecule has 86 valence electrons. The summed E-state index contributed by atoms with van der Waals surface area (Å²) in [5.41, 5.74) is 1.93. The number of aryl methyl sites for hydroxylation is 1. The van der Waals surface area contributed by atoms with E-state index in [0.29, 0.717) is 6.54 Å². The lowest BCUT2D eigenvalue weighted by atomic mass is 10.1.